The van der Waals surface area contributed by atoms with Crippen LogP contribution in [0.4, 0.5) is 17.1 Å². The lowest BCUT2D eigenvalue weighted by Gasteiger charge is -2.14. The van der Waals surface area contributed by atoms with Crippen LogP contribution in [-0.2, 0) is 0 Å². The zero-order chi connectivity index (χ0) is 22.4. The summed E-state index contributed by atoms with van der Waals surface area (Å²) in [4.78, 5) is 10.8. The van der Waals surface area contributed by atoms with E-state index in [2.05, 4.69) is 10.6 Å². The summed E-state index contributed by atoms with van der Waals surface area (Å²) in [6.07, 6.45) is 0. The lowest BCUT2D eigenvalue weighted by molar-refractivity contribution is -0.384. The Labute approximate surface area is 188 Å². The average molecular weight is 460 g/mol. The largest absolute Gasteiger partial charge is 0.493 e. The average Bonchev–Trinajstić information content (AvgIpc) is 2.75. The number of methoxy groups -OCH3 is 2. The summed E-state index contributed by atoms with van der Waals surface area (Å²) in [5, 5.41) is 18.1. The van der Waals surface area contributed by atoms with Gasteiger partial charge in [-0.15, -0.1) is 0 Å². The number of thiocarbonyl (C=S) groups is 1. The van der Waals surface area contributed by atoms with Gasteiger partial charge in [-0.05, 0) is 48.6 Å². The maximum Gasteiger partial charge on any atom is 0.275 e. The number of hydrogen-bond acceptors (Lipinski definition) is 6. The van der Waals surface area contributed by atoms with Gasteiger partial charge < -0.3 is 24.8 Å². The SMILES string of the molecule is COc1ccc(NC(=S)Nc2cc(Oc3ccc(Cl)cc3)cc([N+](=O)[O-])c2)cc1OC. The van der Waals surface area contributed by atoms with E-state index >= 15 is 0 Å². The maximum absolute atomic E-state index is 11.3. The van der Waals surface area contributed by atoms with Crippen LogP contribution in [0.3, 0.4) is 0 Å². The molecule has 0 fully saturated rings. The van der Waals surface area contributed by atoms with E-state index in [1.165, 1.54) is 19.2 Å². The first-order valence-electron chi connectivity index (χ1n) is 8.91. The highest BCUT2D eigenvalue weighted by Crippen LogP contribution is 2.32. The third-order valence-corrected chi connectivity index (χ3v) is 4.51. The molecule has 8 nitrogen and oxygen atoms in total. The van der Waals surface area contributed by atoms with Crippen LogP contribution >= 0.6 is 23.8 Å². The molecule has 0 amide bonds. The van der Waals surface area contributed by atoms with E-state index in [1.807, 2.05) is 0 Å². The molecule has 0 spiro atoms. The van der Waals surface area contributed by atoms with Crippen molar-refractivity contribution in [2.45, 2.75) is 0 Å². The maximum atomic E-state index is 11.3. The second-order valence-electron chi connectivity index (χ2n) is 6.18. The molecule has 3 rings (SSSR count). The molecular weight excluding hydrogens is 442 g/mol. The molecule has 2 N–H and O–H groups in total. The van der Waals surface area contributed by atoms with E-state index in [0.29, 0.717) is 33.6 Å². The van der Waals surface area contributed by atoms with Crippen LogP contribution in [-0.4, -0.2) is 24.3 Å². The van der Waals surface area contributed by atoms with Crippen molar-refractivity contribution < 1.29 is 19.1 Å². The molecule has 0 aromatic heterocycles. The summed E-state index contributed by atoms with van der Waals surface area (Å²) in [5.74, 6) is 1.87. The Morgan fingerprint density at radius 2 is 1.58 bits per heavy atom. The van der Waals surface area contributed by atoms with Crippen molar-refractivity contribution in [3.05, 3.63) is 75.8 Å². The summed E-state index contributed by atoms with van der Waals surface area (Å²) in [6.45, 7) is 0. The second kappa shape index (κ2) is 9.96. The number of ether oxygens (including phenoxy) is 3. The van der Waals surface area contributed by atoms with Crippen molar-refractivity contribution in [2.75, 3.05) is 24.9 Å². The minimum absolute atomic E-state index is 0.150. The molecule has 0 radical (unpaired) electrons. The third kappa shape index (κ3) is 5.97. The summed E-state index contributed by atoms with van der Waals surface area (Å²) in [7, 11) is 3.08. The Morgan fingerprint density at radius 1 is 0.903 bits per heavy atom. The number of hydrogen-bond donors (Lipinski definition) is 2. The normalized spacial score (nSPS) is 10.2. The first-order valence-corrected chi connectivity index (χ1v) is 9.69. The Kier molecular flexibility index (Phi) is 7.11. The zero-order valence-electron chi connectivity index (χ0n) is 16.5. The van der Waals surface area contributed by atoms with Gasteiger partial charge in [0.1, 0.15) is 11.5 Å². The highest BCUT2D eigenvalue weighted by Gasteiger charge is 2.13. The fraction of sp³-hybridized carbons (Fsp3) is 0.0952. The molecule has 3 aromatic carbocycles. The van der Waals surface area contributed by atoms with Crippen molar-refractivity contribution in [1.82, 2.24) is 0 Å². The highest BCUT2D eigenvalue weighted by molar-refractivity contribution is 7.80. The molecule has 3 aromatic rings. The van der Waals surface area contributed by atoms with Gasteiger partial charge in [0.25, 0.3) is 5.69 Å². The number of benzene rings is 3. The number of anilines is 2. The molecule has 31 heavy (non-hydrogen) atoms. The lowest BCUT2D eigenvalue weighted by atomic mass is 10.2. The van der Waals surface area contributed by atoms with Gasteiger partial charge in [0.05, 0.1) is 30.9 Å². The van der Waals surface area contributed by atoms with Gasteiger partial charge in [-0.3, -0.25) is 10.1 Å². The molecule has 0 bridgehead atoms. The molecular formula is C21H18ClN3O5S. The number of nitro groups is 1. The van der Waals surface area contributed by atoms with Crippen LogP contribution in [0, 0.1) is 10.1 Å². The lowest BCUT2D eigenvalue weighted by Crippen LogP contribution is -2.19. The van der Waals surface area contributed by atoms with Crippen LogP contribution in [0.2, 0.25) is 5.02 Å². The summed E-state index contributed by atoms with van der Waals surface area (Å²) < 4.78 is 16.2. The Balaban J connectivity index is 1.78. The van der Waals surface area contributed by atoms with Crippen molar-refractivity contribution in [2.24, 2.45) is 0 Å². The molecule has 0 aliphatic heterocycles. The topological polar surface area (TPSA) is 94.9 Å². The predicted octanol–water partition coefficient (Wildman–Crippen LogP) is 5.87. The Hall–Kier alpha value is -3.56. The molecule has 160 valence electrons. The molecule has 0 saturated carbocycles. The van der Waals surface area contributed by atoms with Crippen molar-refractivity contribution in [3.8, 4) is 23.0 Å². The Bertz CT molecular complexity index is 1110. The quantitative estimate of drug-likeness (QED) is 0.257. The first kappa shape index (κ1) is 22.1. The molecule has 0 heterocycles. The van der Waals surface area contributed by atoms with Gasteiger partial charge in [0.2, 0.25) is 0 Å². The van der Waals surface area contributed by atoms with E-state index in [1.54, 1.807) is 55.6 Å². The van der Waals surface area contributed by atoms with Crippen LogP contribution in [0.1, 0.15) is 0 Å². The van der Waals surface area contributed by atoms with Crippen molar-refractivity contribution in [1.29, 1.82) is 0 Å². The van der Waals surface area contributed by atoms with E-state index in [0.717, 1.165) is 0 Å². The van der Waals surface area contributed by atoms with Gasteiger partial charge in [0, 0.05) is 28.9 Å². The zero-order valence-corrected chi connectivity index (χ0v) is 18.1. The van der Waals surface area contributed by atoms with Gasteiger partial charge in [-0.25, -0.2) is 0 Å². The number of halogens is 1. The highest BCUT2D eigenvalue weighted by atomic mass is 35.5. The monoisotopic (exact) mass is 459 g/mol. The predicted molar refractivity (Wildman–Crippen MR) is 124 cm³/mol. The third-order valence-electron chi connectivity index (χ3n) is 4.05. The molecule has 0 aliphatic carbocycles. The van der Waals surface area contributed by atoms with Gasteiger partial charge >= 0.3 is 0 Å². The Morgan fingerprint density at radius 3 is 2.23 bits per heavy atom. The molecule has 0 atom stereocenters. The van der Waals surface area contributed by atoms with E-state index in [9.17, 15) is 10.1 Å². The number of nitrogens with zero attached hydrogens (tertiary/aromatic N) is 1. The number of non-ortho nitro benzene ring substituents is 1. The standard InChI is InChI=1S/C21H18ClN3O5S/c1-28-19-8-5-14(11-20(19)29-2)23-21(31)24-15-9-16(25(26)27)12-18(10-15)30-17-6-3-13(22)4-7-17/h3-12H,1-2H3,(H2,23,24,31). The van der Waals surface area contributed by atoms with Crippen LogP contribution < -0.4 is 24.8 Å². The smallest absolute Gasteiger partial charge is 0.275 e. The summed E-state index contributed by atoms with van der Waals surface area (Å²) >= 11 is 11.2. The summed E-state index contributed by atoms with van der Waals surface area (Å²) in [6, 6.07) is 16.1. The molecule has 0 saturated heterocycles. The van der Waals surface area contributed by atoms with Crippen LogP contribution in [0.25, 0.3) is 0 Å². The van der Waals surface area contributed by atoms with E-state index in [4.69, 9.17) is 38.0 Å². The minimum atomic E-state index is -0.509. The van der Waals surface area contributed by atoms with E-state index in [-0.39, 0.29) is 16.5 Å². The van der Waals surface area contributed by atoms with Crippen LogP contribution in [0.15, 0.2) is 60.7 Å². The number of nitro benzene ring substituents is 1. The first-order chi connectivity index (χ1) is 14.9. The molecule has 0 unspecified atom stereocenters. The van der Waals surface area contributed by atoms with Crippen LogP contribution in [0.5, 0.6) is 23.0 Å². The summed E-state index contributed by atoms with van der Waals surface area (Å²) in [5.41, 5.74) is 0.886. The van der Waals surface area contributed by atoms with E-state index < -0.39 is 4.92 Å². The second-order valence-corrected chi connectivity index (χ2v) is 7.02. The van der Waals surface area contributed by atoms with Gasteiger partial charge in [0.15, 0.2) is 16.6 Å². The molecule has 10 heteroatoms. The fourth-order valence-electron chi connectivity index (χ4n) is 2.67. The van der Waals surface area contributed by atoms with Gasteiger partial charge in [-0.1, -0.05) is 11.6 Å². The van der Waals surface area contributed by atoms with Crippen molar-refractivity contribution >= 4 is 46.0 Å². The fourth-order valence-corrected chi connectivity index (χ4v) is 3.03. The number of rotatable bonds is 7. The molecule has 0 aliphatic rings. The van der Waals surface area contributed by atoms with Gasteiger partial charge in [-0.2, -0.15) is 0 Å². The minimum Gasteiger partial charge on any atom is -0.493 e. The number of nitrogens with one attached hydrogen (secondary N) is 2. The van der Waals surface area contributed by atoms with Crippen molar-refractivity contribution in [3.63, 3.8) is 0 Å².